The summed E-state index contributed by atoms with van der Waals surface area (Å²) in [6.07, 6.45) is -0.430. The first-order chi connectivity index (χ1) is 13.4. The second-order valence-corrected chi connectivity index (χ2v) is 6.03. The van der Waals surface area contributed by atoms with Crippen molar-refractivity contribution in [2.75, 3.05) is 19.5 Å². The molecule has 0 saturated heterocycles. The van der Waals surface area contributed by atoms with Gasteiger partial charge in [-0.1, -0.05) is 6.07 Å². The van der Waals surface area contributed by atoms with E-state index in [2.05, 4.69) is 5.32 Å². The first-order valence-electron chi connectivity index (χ1n) is 8.67. The summed E-state index contributed by atoms with van der Waals surface area (Å²) in [7, 11) is 3.11. The van der Waals surface area contributed by atoms with Crippen LogP contribution >= 0.6 is 0 Å². The lowest BCUT2D eigenvalue weighted by atomic mass is 10.1. The highest BCUT2D eigenvalue weighted by atomic mass is 16.5. The number of benzene rings is 2. The van der Waals surface area contributed by atoms with E-state index in [1.165, 1.54) is 6.92 Å². The fraction of sp³-hybridized carbons (Fsp3) is 0.286. The lowest BCUT2D eigenvalue weighted by molar-refractivity contribution is -0.153. The number of rotatable bonds is 8. The Balaban J connectivity index is 1.88. The van der Waals surface area contributed by atoms with Crippen LogP contribution in [-0.4, -0.2) is 32.2 Å². The molecule has 0 unspecified atom stereocenters. The van der Waals surface area contributed by atoms with Gasteiger partial charge in [0, 0.05) is 18.2 Å². The molecule has 1 atom stereocenters. The van der Waals surface area contributed by atoms with Crippen LogP contribution in [0.25, 0.3) is 0 Å². The van der Waals surface area contributed by atoms with Gasteiger partial charge >= 0.3 is 5.97 Å². The molecule has 0 aromatic heterocycles. The molecule has 0 spiro atoms. The van der Waals surface area contributed by atoms with E-state index in [9.17, 15) is 9.59 Å². The van der Waals surface area contributed by atoms with Crippen LogP contribution in [0.5, 0.6) is 11.5 Å². The molecule has 0 bridgehead atoms. The molecular formula is C21H22N2O5. The van der Waals surface area contributed by atoms with Gasteiger partial charge in [0.05, 0.1) is 25.9 Å². The average Bonchev–Trinajstić information content (AvgIpc) is 2.71. The Morgan fingerprint density at radius 1 is 1.11 bits per heavy atom. The largest absolute Gasteiger partial charge is 0.497 e. The highest BCUT2D eigenvalue weighted by Crippen LogP contribution is 2.23. The molecule has 0 aliphatic carbocycles. The van der Waals surface area contributed by atoms with Crippen molar-refractivity contribution in [2.45, 2.75) is 25.9 Å². The minimum absolute atomic E-state index is 0.109. The van der Waals surface area contributed by atoms with Gasteiger partial charge in [-0.25, -0.2) is 0 Å². The molecule has 0 radical (unpaired) electrons. The van der Waals surface area contributed by atoms with Gasteiger partial charge in [-0.2, -0.15) is 5.26 Å². The smallest absolute Gasteiger partial charge is 0.306 e. The molecule has 146 valence electrons. The van der Waals surface area contributed by atoms with Gasteiger partial charge in [-0.05, 0) is 49.2 Å². The number of nitriles is 1. The van der Waals surface area contributed by atoms with Gasteiger partial charge < -0.3 is 19.5 Å². The molecule has 28 heavy (non-hydrogen) atoms. The van der Waals surface area contributed by atoms with Crippen molar-refractivity contribution in [3.05, 3.63) is 53.6 Å². The number of nitrogens with zero attached hydrogens (tertiary/aromatic N) is 1. The molecule has 7 nitrogen and oxygen atoms in total. The number of anilines is 1. The number of carbonyl (C=O) groups is 2. The molecule has 2 rings (SSSR count). The van der Waals surface area contributed by atoms with E-state index in [0.29, 0.717) is 29.2 Å². The number of carbonyl (C=O) groups excluding carboxylic acids is 2. The van der Waals surface area contributed by atoms with Crippen LogP contribution in [0.15, 0.2) is 42.5 Å². The van der Waals surface area contributed by atoms with Crippen LogP contribution in [0.1, 0.15) is 24.5 Å². The van der Waals surface area contributed by atoms with Crippen molar-refractivity contribution in [1.29, 1.82) is 5.26 Å². The molecule has 1 N–H and O–H groups in total. The number of hydrogen-bond donors (Lipinski definition) is 1. The van der Waals surface area contributed by atoms with E-state index >= 15 is 0 Å². The van der Waals surface area contributed by atoms with Crippen LogP contribution in [0, 0.1) is 11.3 Å². The first kappa shape index (κ1) is 20.8. The van der Waals surface area contributed by atoms with Gasteiger partial charge in [0.1, 0.15) is 11.5 Å². The summed E-state index contributed by atoms with van der Waals surface area (Å²) < 4.78 is 15.6. The van der Waals surface area contributed by atoms with E-state index < -0.39 is 18.0 Å². The SMILES string of the molecule is COc1cc(CCC(=O)O[C@@H](C)C(=O)Nc2cccc(C#N)c2)cc(OC)c1. The van der Waals surface area contributed by atoms with Crippen LogP contribution < -0.4 is 14.8 Å². The minimum Gasteiger partial charge on any atom is -0.497 e. The van der Waals surface area contributed by atoms with Crippen molar-refractivity contribution in [1.82, 2.24) is 0 Å². The molecular weight excluding hydrogens is 360 g/mol. The Bertz CT molecular complexity index is 866. The molecule has 0 heterocycles. The Labute approximate surface area is 163 Å². The number of nitrogens with one attached hydrogen (secondary N) is 1. The summed E-state index contributed by atoms with van der Waals surface area (Å²) in [4.78, 5) is 24.3. The first-order valence-corrected chi connectivity index (χ1v) is 8.67. The number of ether oxygens (including phenoxy) is 3. The molecule has 1 amide bonds. The summed E-state index contributed by atoms with van der Waals surface area (Å²) in [5.74, 6) is 0.312. The number of methoxy groups -OCH3 is 2. The molecule has 2 aromatic carbocycles. The zero-order valence-electron chi connectivity index (χ0n) is 16.0. The third-order valence-corrected chi connectivity index (χ3v) is 3.97. The zero-order chi connectivity index (χ0) is 20.5. The van der Waals surface area contributed by atoms with Gasteiger partial charge in [-0.15, -0.1) is 0 Å². The number of hydrogen-bond acceptors (Lipinski definition) is 6. The van der Waals surface area contributed by atoms with Crippen molar-refractivity contribution in [3.8, 4) is 17.6 Å². The normalized spacial score (nSPS) is 11.1. The lowest BCUT2D eigenvalue weighted by Crippen LogP contribution is -2.30. The second-order valence-electron chi connectivity index (χ2n) is 6.03. The number of aryl methyl sites for hydroxylation is 1. The Morgan fingerprint density at radius 2 is 1.79 bits per heavy atom. The molecule has 0 saturated carbocycles. The average molecular weight is 382 g/mol. The van der Waals surface area contributed by atoms with Crippen LogP contribution in [0.3, 0.4) is 0 Å². The standard InChI is InChI=1S/C21H22N2O5/c1-14(21(25)23-17-6-4-5-16(9-17)13-22)28-20(24)8-7-15-10-18(26-2)12-19(11-15)27-3/h4-6,9-12,14H,7-8H2,1-3H3,(H,23,25)/t14-/m0/s1. The van der Waals surface area contributed by atoms with Crippen molar-refractivity contribution >= 4 is 17.6 Å². The summed E-state index contributed by atoms with van der Waals surface area (Å²) >= 11 is 0. The summed E-state index contributed by atoms with van der Waals surface area (Å²) in [5, 5.41) is 11.5. The maximum atomic E-state index is 12.2. The molecule has 0 aliphatic heterocycles. The fourth-order valence-electron chi connectivity index (χ4n) is 2.48. The third-order valence-electron chi connectivity index (χ3n) is 3.97. The highest BCUT2D eigenvalue weighted by molar-refractivity contribution is 5.95. The highest BCUT2D eigenvalue weighted by Gasteiger charge is 2.18. The second kappa shape index (κ2) is 9.97. The predicted octanol–water partition coefficient (Wildman–Crippen LogP) is 3.08. The molecule has 0 aliphatic rings. The summed E-state index contributed by atoms with van der Waals surface area (Å²) in [6.45, 7) is 1.50. The lowest BCUT2D eigenvalue weighted by Gasteiger charge is -2.14. The number of amides is 1. The van der Waals surface area contributed by atoms with Crippen LogP contribution in [0.4, 0.5) is 5.69 Å². The summed E-state index contributed by atoms with van der Waals surface area (Å²) in [5.41, 5.74) is 1.75. The van der Waals surface area contributed by atoms with Crippen LogP contribution in [-0.2, 0) is 20.7 Å². The Morgan fingerprint density at radius 3 is 2.39 bits per heavy atom. The van der Waals surface area contributed by atoms with Crippen molar-refractivity contribution in [3.63, 3.8) is 0 Å². The quantitative estimate of drug-likeness (QED) is 0.705. The third kappa shape index (κ3) is 6.02. The van der Waals surface area contributed by atoms with Gasteiger partial charge in [0.2, 0.25) is 0 Å². The Kier molecular flexibility index (Phi) is 7.40. The van der Waals surface area contributed by atoms with Crippen LogP contribution in [0.2, 0.25) is 0 Å². The van der Waals surface area contributed by atoms with E-state index in [1.807, 2.05) is 18.2 Å². The number of esters is 1. The fourth-order valence-corrected chi connectivity index (χ4v) is 2.48. The predicted molar refractivity (Wildman–Crippen MR) is 103 cm³/mol. The van der Waals surface area contributed by atoms with Crippen molar-refractivity contribution < 1.29 is 23.8 Å². The van der Waals surface area contributed by atoms with E-state index in [1.54, 1.807) is 44.6 Å². The maximum Gasteiger partial charge on any atom is 0.306 e. The van der Waals surface area contributed by atoms with E-state index in [-0.39, 0.29) is 6.42 Å². The maximum absolute atomic E-state index is 12.2. The van der Waals surface area contributed by atoms with E-state index in [4.69, 9.17) is 19.5 Å². The minimum atomic E-state index is -0.960. The monoisotopic (exact) mass is 382 g/mol. The summed E-state index contributed by atoms with van der Waals surface area (Å²) in [6, 6.07) is 13.9. The Hall–Kier alpha value is -3.53. The zero-order valence-corrected chi connectivity index (χ0v) is 16.0. The van der Waals surface area contributed by atoms with Gasteiger partial charge in [0.15, 0.2) is 6.10 Å². The molecule has 2 aromatic rings. The van der Waals surface area contributed by atoms with Crippen molar-refractivity contribution in [2.24, 2.45) is 0 Å². The van der Waals surface area contributed by atoms with Gasteiger partial charge in [-0.3, -0.25) is 9.59 Å². The molecule has 7 heteroatoms. The molecule has 0 fully saturated rings. The van der Waals surface area contributed by atoms with E-state index in [0.717, 1.165) is 5.56 Å². The van der Waals surface area contributed by atoms with Gasteiger partial charge in [0.25, 0.3) is 5.91 Å². The topological polar surface area (TPSA) is 97.6 Å².